The van der Waals surface area contributed by atoms with Crippen LogP contribution in [0, 0.1) is 13.8 Å². The van der Waals surface area contributed by atoms with Crippen LogP contribution in [-0.4, -0.2) is 21.9 Å². The summed E-state index contributed by atoms with van der Waals surface area (Å²) in [4.78, 5) is 25.2. The average Bonchev–Trinajstić information content (AvgIpc) is 2.92. The van der Waals surface area contributed by atoms with E-state index in [1.165, 1.54) is 4.68 Å². The molecule has 0 aliphatic rings. The molecule has 0 bridgehead atoms. The maximum absolute atomic E-state index is 12.8. The molecule has 152 valence electrons. The van der Waals surface area contributed by atoms with E-state index in [0.29, 0.717) is 29.4 Å². The van der Waals surface area contributed by atoms with Crippen molar-refractivity contribution in [2.45, 2.75) is 26.7 Å². The van der Waals surface area contributed by atoms with Crippen molar-refractivity contribution in [3.05, 3.63) is 75.2 Å². The number of nitrogens with one attached hydrogen (secondary N) is 1. The van der Waals surface area contributed by atoms with Gasteiger partial charge in [0, 0.05) is 18.5 Å². The Balaban J connectivity index is 1.59. The Hall–Kier alpha value is -2.99. The third-order valence-corrected chi connectivity index (χ3v) is 5.19. The van der Waals surface area contributed by atoms with Crippen molar-refractivity contribution in [2.75, 3.05) is 11.9 Å². The van der Waals surface area contributed by atoms with Crippen LogP contribution in [-0.2, 0) is 11.8 Å². The molecule has 0 aliphatic heterocycles. The van der Waals surface area contributed by atoms with Crippen molar-refractivity contribution < 1.29 is 9.53 Å². The van der Waals surface area contributed by atoms with Crippen LogP contribution < -0.4 is 15.6 Å². The maximum Gasteiger partial charge on any atom is 0.295 e. The predicted octanol–water partition coefficient (Wildman–Crippen LogP) is 4.24. The number of aromatic nitrogens is 2. The quantitative estimate of drug-likeness (QED) is 0.589. The second-order valence-electron chi connectivity index (χ2n) is 6.85. The van der Waals surface area contributed by atoms with Crippen LogP contribution >= 0.6 is 11.6 Å². The Morgan fingerprint density at radius 3 is 2.55 bits per heavy atom. The standard InChI is InChI=1S/C22H24ClN3O3/c1-15-14-18(11-12-19(15)23)29-13-7-10-20(27)24-21-16(2)25(3)26(22(21)28)17-8-5-4-6-9-17/h4-6,8-9,11-12,14H,7,10,13H2,1-3H3,(H,24,27). The van der Waals surface area contributed by atoms with Crippen molar-refractivity contribution in [3.63, 3.8) is 0 Å². The zero-order valence-electron chi connectivity index (χ0n) is 16.7. The number of rotatable bonds is 7. The fraction of sp³-hybridized carbons (Fsp3) is 0.273. The third kappa shape index (κ3) is 4.71. The summed E-state index contributed by atoms with van der Waals surface area (Å²) < 4.78 is 8.94. The molecular weight excluding hydrogens is 390 g/mol. The van der Waals surface area contributed by atoms with Gasteiger partial charge in [0.1, 0.15) is 11.4 Å². The first-order valence-electron chi connectivity index (χ1n) is 9.41. The Morgan fingerprint density at radius 1 is 1.14 bits per heavy atom. The highest BCUT2D eigenvalue weighted by molar-refractivity contribution is 6.31. The molecule has 1 N–H and O–H groups in total. The van der Waals surface area contributed by atoms with E-state index in [9.17, 15) is 9.59 Å². The summed E-state index contributed by atoms with van der Waals surface area (Å²) >= 11 is 6.00. The lowest BCUT2D eigenvalue weighted by Gasteiger charge is -2.08. The molecule has 7 heteroatoms. The molecule has 3 rings (SSSR count). The van der Waals surface area contributed by atoms with Crippen LogP contribution in [0.15, 0.2) is 53.3 Å². The minimum Gasteiger partial charge on any atom is -0.494 e. The van der Waals surface area contributed by atoms with E-state index >= 15 is 0 Å². The Kier molecular flexibility index (Phi) is 6.44. The number of nitrogens with zero attached hydrogens (tertiary/aromatic N) is 2. The first-order chi connectivity index (χ1) is 13.9. The van der Waals surface area contributed by atoms with Crippen molar-refractivity contribution in [2.24, 2.45) is 7.05 Å². The molecule has 0 aliphatic carbocycles. The number of anilines is 1. The van der Waals surface area contributed by atoms with Crippen LogP contribution in [0.3, 0.4) is 0 Å². The van der Waals surface area contributed by atoms with E-state index in [-0.39, 0.29) is 17.9 Å². The number of hydrogen-bond acceptors (Lipinski definition) is 3. The largest absolute Gasteiger partial charge is 0.494 e. The van der Waals surface area contributed by atoms with Gasteiger partial charge in [0.25, 0.3) is 5.56 Å². The molecule has 1 heterocycles. The molecule has 2 aromatic carbocycles. The second kappa shape index (κ2) is 9.01. The first-order valence-corrected chi connectivity index (χ1v) is 9.79. The number of carbonyl (C=O) groups excluding carboxylic acids is 1. The number of para-hydroxylation sites is 1. The Bertz CT molecular complexity index is 1070. The van der Waals surface area contributed by atoms with Crippen LogP contribution in [0.1, 0.15) is 24.1 Å². The molecule has 0 radical (unpaired) electrons. The SMILES string of the molecule is Cc1cc(OCCCC(=O)Nc2c(C)n(C)n(-c3ccccc3)c2=O)ccc1Cl. The lowest BCUT2D eigenvalue weighted by Crippen LogP contribution is -2.23. The van der Waals surface area contributed by atoms with E-state index in [0.717, 1.165) is 17.0 Å². The van der Waals surface area contributed by atoms with Crippen molar-refractivity contribution in [1.82, 2.24) is 9.36 Å². The molecule has 0 fully saturated rings. The molecule has 0 saturated carbocycles. The van der Waals surface area contributed by atoms with Crippen molar-refractivity contribution in [3.8, 4) is 11.4 Å². The van der Waals surface area contributed by atoms with Gasteiger partial charge in [-0.25, -0.2) is 4.68 Å². The molecule has 6 nitrogen and oxygen atoms in total. The molecule has 0 spiro atoms. The highest BCUT2D eigenvalue weighted by Crippen LogP contribution is 2.21. The van der Waals surface area contributed by atoms with Gasteiger partial charge in [0.15, 0.2) is 0 Å². The fourth-order valence-electron chi connectivity index (χ4n) is 3.04. The predicted molar refractivity (Wildman–Crippen MR) is 115 cm³/mol. The van der Waals surface area contributed by atoms with Crippen LogP contribution in [0.2, 0.25) is 5.02 Å². The second-order valence-corrected chi connectivity index (χ2v) is 7.25. The lowest BCUT2D eigenvalue weighted by molar-refractivity contribution is -0.116. The molecule has 0 unspecified atom stereocenters. The van der Waals surface area contributed by atoms with Gasteiger partial charge >= 0.3 is 0 Å². The molecule has 1 amide bonds. The van der Waals surface area contributed by atoms with Gasteiger partial charge in [-0.3, -0.25) is 14.3 Å². The molecular formula is C22H24ClN3O3. The van der Waals surface area contributed by atoms with Gasteiger partial charge in [-0.2, -0.15) is 0 Å². The summed E-state index contributed by atoms with van der Waals surface area (Å²) in [5.74, 6) is 0.504. The summed E-state index contributed by atoms with van der Waals surface area (Å²) in [6.07, 6.45) is 0.790. The highest BCUT2D eigenvalue weighted by atomic mass is 35.5. The number of halogens is 1. The minimum atomic E-state index is -0.252. The number of carbonyl (C=O) groups is 1. The van der Waals surface area contributed by atoms with Gasteiger partial charge in [-0.1, -0.05) is 29.8 Å². The van der Waals surface area contributed by atoms with Crippen LogP contribution in [0.5, 0.6) is 5.75 Å². The first kappa shape index (κ1) is 20.7. The summed E-state index contributed by atoms with van der Waals surface area (Å²) in [6, 6.07) is 14.8. The van der Waals surface area contributed by atoms with E-state index in [2.05, 4.69) is 5.32 Å². The zero-order chi connectivity index (χ0) is 21.0. The normalized spacial score (nSPS) is 10.8. The van der Waals surface area contributed by atoms with Gasteiger partial charge in [0.2, 0.25) is 5.91 Å². The van der Waals surface area contributed by atoms with Crippen LogP contribution in [0.25, 0.3) is 5.69 Å². The summed E-state index contributed by atoms with van der Waals surface area (Å²) in [5.41, 5.74) is 2.43. The lowest BCUT2D eigenvalue weighted by atomic mass is 10.2. The highest BCUT2D eigenvalue weighted by Gasteiger charge is 2.17. The molecule has 29 heavy (non-hydrogen) atoms. The molecule has 1 aromatic heterocycles. The number of ether oxygens (including phenoxy) is 1. The molecule has 0 atom stereocenters. The topological polar surface area (TPSA) is 65.3 Å². The number of amides is 1. The summed E-state index contributed by atoms with van der Waals surface area (Å²) in [7, 11) is 1.79. The van der Waals surface area contributed by atoms with E-state index in [1.54, 1.807) is 23.9 Å². The third-order valence-electron chi connectivity index (χ3n) is 4.76. The summed E-state index contributed by atoms with van der Waals surface area (Å²) in [6.45, 7) is 4.12. The fourth-order valence-corrected chi connectivity index (χ4v) is 3.16. The smallest absolute Gasteiger partial charge is 0.295 e. The van der Waals surface area contributed by atoms with Crippen molar-refractivity contribution >= 4 is 23.2 Å². The Morgan fingerprint density at radius 2 is 1.86 bits per heavy atom. The van der Waals surface area contributed by atoms with E-state index in [1.807, 2.05) is 50.2 Å². The minimum absolute atomic E-state index is 0.216. The number of hydrogen-bond donors (Lipinski definition) is 1. The number of benzene rings is 2. The van der Waals surface area contributed by atoms with Gasteiger partial charge < -0.3 is 10.1 Å². The molecule has 3 aromatic rings. The van der Waals surface area contributed by atoms with Gasteiger partial charge in [-0.05, 0) is 56.2 Å². The Labute approximate surface area is 174 Å². The zero-order valence-corrected chi connectivity index (χ0v) is 17.5. The van der Waals surface area contributed by atoms with Gasteiger partial charge in [-0.15, -0.1) is 0 Å². The van der Waals surface area contributed by atoms with E-state index in [4.69, 9.17) is 16.3 Å². The number of aryl methyl sites for hydroxylation is 1. The monoisotopic (exact) mass is 413 g/mol. The van der Waals surface area contributed by atoms with Crippen molar-refractivity contribution in [1.29, 1.82) is 0 Å². The maximum atomic E-state index is 12.8. The molecule has 0 saturated heterocycles. The average molecular weight is 414 g/mol. The van der Waals surface area contributed by atoms with Crippen LogP contribution in [0.4, 0.5) is 5.69 Å². The van der Waals surface area contributed by atoms with E-state index < -0.39 is 0 Å². The summed E-state index contributed by atoms with van der Waals surface area (Å²) in [5, 5.41) is 3.45. The van der Waals surface area contributed by atoms with Gasteiger partial charge in [0.05, 0.1) is 18.0 Å².